The molecule has 2 aromatic rings. The number of likely N-dealkylation sites (tertiary alicyclic amines) is 1. The van der Waals surface area contributed by atoms with Gasteiger partial charge in [-0.05, 0) is 38.8 Å². The molecular formula is C20H29N5O. The second-order valence-electron chi connectivity index (χ2n) is 9.04. The van der Waals surface area contributed by atoms with Crippen molar-refractivity contribution in [2.75, 3.05) is 13.1 Å². The van der Waals surface area contributed by atoms with E-state index in [1.807, 2.05) is 19.6 Å². The lowest BCUT2D eigenvalue weighted by atomic mass is 9.76. The van der Waals surface area contributed by atoms with Gasteiger partial charge in [0.15, 0.2) is 0 Å². The Kier molecular flexibility index (Phi) is 4.06. The van der Waals surface area contributed by atoms with Crippen molar-refractivity contribution in [1.29, 1.82) is 0 Å². The minimum absolute atomic E-state index is 0.0779. The molecule has 2 aliphatic rings. The summed E-state index contributed by atoms with van der Waals surface area (Å²) >= 11 is 0. The van der Waals surface area contributed by atoms with Gasteiger partial charge in [0.05, 0.1) is 17.7 Å². The van der Waals surface area contributed by atoms with Gasteiger partial charge in [-0.3, -0.25) is 9.69 Å². The summed E-state index contributed by atoms with van der Waals surface area (Å²) in [6, 6.07) is 0. The molecule has 6 heteroatoms. The van der Waals surface area contributed by atoms with E-state index < -0.39 is 0 Å². The normalized spacial score (nSPS) is 19.8. The summed E-state index contributed by atoms with van der Waals surface area (Å²) in [6.07, 6.45) is 7.90. The number of aromatic nitrogens is 4. The molecule has 1 fully saturated rings. The molecule has 1 saturated heterocycles. The van der Waals surface area contributed by atoms with Gasteiger partial charge in [-0.15, -0.1) is 0 Å². The Morgan fingerprint density at radius 1 is 1.23 bits per heavy atom. The molecule has 0 radical (unpaired) electrons. The molecule has 0 saturated carbocycles. The van der Waals surface area contributed by atoms with Gasteiger partial charge < -0.3 is 9.55 Å². The van der Waals surface area contributed by atoms with Crippen molar-refractivity contribution in [1.82, 2.24) is 24.4 Å². The van der Waals surface area contributed by atoms with Crippen molar-refractivity contribution in [3.05, 3.63) is 45.7 Å². The van der Waals surface area contributed by atoms with Gasteiger partial charge in [-0.1, -0.05) is 20.8 Å². The number of aryl methyl sites for hydroxylation is 1. The van der Waals surface area contributed by atoms with Crippen molar-refractivity contribution in [2.24, 2.45) is 7.05 Å². The first-order chi connectivity index (χ1) is 12.3. The predicted octanol–water partition coefficient (Wildman–Crippen LogP) is 2.28. The fraction of sp³-hybridized carbons (Fsp3) is 0.650. The highest BCUT2D eigenvalue weighted by atomic mass is 16.1. The van der Waals surface area contributed by atoms with Crippen LogP contribution in [0.2, 0.25) is 0 Å². The van der Waals surface area contributed by atoms with Crippen LogP contribution in [-0.4, -0.2) is 37.5 Å². The standard InChI is InChI=1S/C20H29N5O/c1-19(2,3)18-22-16-15(17(26)23-18)5-6-20(16)7-9-25(10-8-20)12-14-11-21-13-24(14)4/h11,13H,5-10,12H2,1-4H3,(H,22,23,26). The molecule has 6 nitrogen and oxygen atoms in total. The zero-order valence-corrected chi connectivity index (χ0v) is 16.3. The van der Waals surface area contributed by atoms with Crippen LogP contribution in [0.15, 0.2) is 17.3 Å². The molecule has 140 valence electrons. The van der Waals surface area contributed by atoms with Crippen molar-refractivity contribution in [3.63, 3.8) is 0 Å². The monoisotopic (exact) mass is 355 g/mol. The van der Waals surface area contributed by atoms with Crippen molar-refractivity contribution >= 4 is 0 Å². The lowest BCUT2D eigenvalue weighted by Gasteiger charge is -2.39. The number of fused-ring (bicyclic) bond motifs is 2. The van der Waals surface area contributed by atoms with Crippen LogP contribution in [0.3, 0.4) is 0 Å². The van der Waals surface area contributed by atoms with Crippen LogP contribution in [0.4, 0.5) is 0 Å². The number of imidazole rings is 1. The number of rotatable bonds is 2. The van der Waals surface area contributed by atoms with E-state index in [2.05, 4.69) is 40.2 Å². The van der Waals surface area contributed by atoms with Crippen molar-refractivity contribution < 1.29 is 0 Å². The van der Waals surface area contributed by atoms with E-state index in [0.29, 0.717) is 0 Å². The SMILES string of the molecule is Cn1cncc1CN1CCC2(CCc3c2nc(C(C)(C)C)[nH]c3=O)CC1. The van der Waals surface area contributed by atoms with Gasteiger partial charge in [-0.2, -0.15) is 0 Å². The number of aromatic amines is 1. The van der Waals surface area contributed by atoms with Gasteiger partial charge in [0.25, 0.3) is 5.56 Å². The predicted molar refractivity (Wildman–Crippen MR) is 101 cm³/mol. The minimum atomic E-state index is -0.141. The number of piperidine rings is 1. The van der Waals surface area contributed by atoms with E-state index in [0.717, 1.165) is 62.4 Å². The maximum absolute atomic E-state index is 12.6. The van der Waals surface area contributed by atoms with Gasteiger partial charge in [0.1, 0.15) is 5.82 Å². The van der Waals surface area contributed by atoms with Gasteiger partial charge >= 0.3 is 0 Å². The third-order valence-corrected chi connectivity index (χ3v) is 6.20. The van der Waals surface area contributed by atoms with E-state index in [1.165, 1.54) is 5.69 Å². The highest BCUT2D eigenvalue weighted by Crippen LogP contribution is 2.44. The average molecular weight is 355 g/mol. The Morgan fingerprint density at radius 2 is 1.96 bits per heavy atom. The highest BCUT2D eigenvalue weighted by Gasteiger charge is 2.44. The van der Waals surface area contributed by atoms with Gasteiger partial charge in [0.2, 0.25) is 0 Å². The number of nitrogens with zero attached hydrogens (tertiary/aromatic N) is 4. The number of nitrogens with one attached hydrogen (secondary N) is 1. The van der Waals surface area contributed by atoms with E-state index >= 15 is 0 Å². The van der Waals surface area contributed by atoms with Crippen LogP contribution >= 0.6 is 0 Å². The van der Waals surface area contributed by atoms with Crippen molar-refractivity contribution in [2.45, 2.75) is 63.8 Å². The van der Waals surface area contributed by atoms with Crippen LogP contribution in [0.25, 0.3) is 0 Å². The number of H-pyrrole nitrogens is 1. The molecule has 1 spiro atoms. The highest BCUT2D eigenvalue weighted by molar-refractivity contribution is 5.34. The van der Waals surface area contributed by atoms with E-state index in [-0.39, 0.29) is 16.4 Å². The quantitative estimate of drug-likeness (QED) is 0.897. The lowest BCUT2D eigenvalue weighted by molar-refractivity contribution is 0.147. The Bertz CT molecular complexity index is 865. The lowest BCUT2D eigenvalue weighted by Crippen LogP contribution is -2.42. The molecule has 3 heterocycles. The number of hydrogen-bond donors (Lipinski definition) is 1. The maximum atomic E-state index is 12.6. The van der Waals surface area contributed by atoms with Crippen LogP contribution in [-0.2, 0) is 30.8 Å². The molecular weight excluding hydrogens is 326 g/mol. The van der Waals surface area contributed by atoms with Crippen LogP contribution in [0.1, 0.15) is 62.8 Å². The van der Waals surface area contributed by atoms with E-state index in [4.69, 9.17) is 4.98 Å². The average Bonchev–Trinajstić information content (AvgIpc) is 3.14. The summed E-state index contributed by atoms with van der Waals surface area (Å²) < 4.78 is 2.09. The summed E-state index contributed by atoms with van der Waals surface area (Å²) in [6.45, 7) is 9.35. The Labute approximate surface area is 154 Å². The largest absolute Gasteiger partial charge is 0.337 e. The molecule has 1 aliphatic carbocycles. The zero-order chi connectivity index (χ0) is 18.5. The molecule has 2 aromatic heterocycles. The first-order valence-electron chi connectivity index (χ1n) is 9.60. The Hall–Kier alpha value is -1.95. The van der Waals surface area contributed by atoms with Crippen LogP contribution < -0.4 is 5.56 Å². The van der Waals surface area contributed by atoms with Crippen LogP contribution in [0.5, 0.6) is 0 Å². The minimum Gasteiger partial charge on any atom is -0.337 e. The first-order valence-corrected chi connectivity index (χ1v) is 9.60. The fourth-order valence-corrected chi connectivity index (χ4v) is 4.40. The van der Waals surface area contributed by atoms with Crippen molar-refractivity contribution in [3.8, 4) is 0 Å². The summed E-state index contributed by atoms with van der Waals surface area (Å²) in [7, 11) is 2.05. The fourth-order valence-electron chi connectivity index (χ4n) is 4.40. The second-order valence-corrected chi connectivity index (χ2v) is 9.04. The molecule has 26 heavy (non-hydrogen) atoms. The molecule has 0 amide bonds. The molecule has 0 atom stereocenters. The molecule has 0 aromatic carbocycles. The topological polar surface area (TPSA) is 66.8 Å². The summed E-state index contributed by atoms with van der Waals surface area (Å²) in [5.74, 6) is 0.819. The van der Waals surface area contributed by atoms with Gasteiger partial charge in [0, 0.05) is 36.2 Å². The first kappa shape index (κ1) is 17.5. The molecule has 1 aliphatic heterocycles. The zero-order valence-electron chi connectivity index (χ0n) is 16.3. The summed E-state index contributed by atoms with van der Waals surface area (Å²) in [5, 5.41) is 0. The third kappa shape index (κ3) is 2.90. The summed E-state index contributed by atoms with van der Waals surface area (Å²) in [4.78, 5) is 27.3. The smallest absolute Gasteiger partial charge is 0.254 e. The van der Waals surface area contributed by atoms with E-state index in [1.54, 1.807) is 0 Å². The van der Waals surface area contributed by atoms with Gasteiger partial charge in [-0.25, -0.2) is 9.97 Å². The maximum Gasteiger partial charge on any atom is 0.254 e. The second kappa shape index (κ2) is 6.05. The van der Waals surface area contributed by atoms with E-state index in [9.17, 15) is 4.79 Å². The van der Waals surface area contributed by atoms with Crippen LogP contribution in [0, 0.1) is 0 Å². The molecule has 1 N–H and O–H groups in total. The number of hydrogen-bond acceptors (Lipinski definition) is 4. The Balaban J connectivity index is 1.57. The molecule has 0 unspecified atom stereocenters. The Morgan fingerprint density at radius 3 is 2.58 bits per heavy atom. The molecule has 4 rings (SSSR count). The third-order valence-electron chi connectivity index (χ3n) is 6.20. The summed E-state index contributed by atoms with van der Waals surface area (Å²) in [5.41, 5.74) is 3.29. The molecule has 0 bridgehead atoms.